The molecule has 0 amide bonds. The molecule has 0 saturated heterocycles. The van der Waals surface area contributed by atoms with E-state index in [9.17, 15) is 22.6 Å². The zero-order valence-corrected chi connectivity index (χ0v) is 22.7. The molecule has 0 radical (unpaired) electrons. The second-order valence-electron chi connectivity index (χ2n) is 7.82. The molecule has 0 aromatic rings. The second-order valence-corrected chi connectivity index (χ2v) is 9.37. The van der Waals surface area contributed by atoms with E-state index in [0.717, 1.165) is 38.5 Å². The van der Waals surface area contributed by atoms with Crippen molar-refractivity contribution in [2.24, 2.45) is 0 Å². The Kier molecular flexibility index (Phi) is 23.1. The number of hydrogen-bond donors (Lipinski definition) is 0. The second kappa shape index (κ2) is 21.7. The molecule has 0 aliphatic carbocycles. The summed E-state index contributed by atoms with van der Waals surface area (Å²) in [6.07, 6.45) is 13.7. The van der Waals surface area contributed by atoms with Crippen LogP contribution in [-0.2, 0) is 29.2 Å². The first-order valence-electron chi connectivity index (χ1n) is 11.6. The normalized spacial score (nSPS) is 12.1. The average molecular weight is 473 g/mol. The molecule has 0 aromatic carbocycles. The molecule has 0 rings (SSSR count). The summed E-state index contributed by atoms with van der Waals surface area (Å²) in [5.74, 6) is -2.03. The standard InChI is InChI=1S/C22H42O7S.Na/c1-3-5-7-9-11-13-15-17-28-21(23)19-20(30(25,26)27)22(24)29-18-16-14-12-10-8-6-4-2;/h20H,3-19H2,1-2H3,(H,25,26,27);/q;+1/p-1. The van der Waals surface area contributed by atoms with E-state index in [0.29, 0.717) is 12.8 Å². The van der Waals surface area contributed by atoms with E-state index in [-0.39, 0.29) is 42.8 Å². The summed E-state index contributed by atoms with van der Waals surface area (Å²) in [5, 5.41) is -2.04. The summed E-state index contributed by atoms with van der Waals surface area (Å²) in [5.41, 5.74) is 0. The first-order chi connectivity index (χ1) is 14.3. The number of unbranched alkanes of at least 4 members (excludes halogenated alkanes) is 12. The van der Waals surface area contributed by atoms with Crippen molar-refractivity contribution in [3.63, 3.8) is 0 Å². The van der Waals surface area contributed by atoms with Crippen molar-refractivity contribution in [3.8, 4) is 0 Å². The van der Waals surface area contributed by atoms with E-state index in [2.05, 4.69) is 13.8 Å². The Morgan fingerprint density at radius 2 is 1.10 bits per heavy atom. The summed E-state index contributed by atoms with van der Waals surface area (Å²) in [6, 6.07) is 0. The summed E-state index contributed by atoms with van der Waals surface area (Å²) < 4.78 is 44.1. The minimum absolute atomic E-state index is 0. The van der Waals surface area contributed by atoms with Crippen molar-refractivity contribution in [2.45, 2.75) is 115 Å². The quantitative estimate of drug-likeness (QED) is 0.115. The van der Waals surface area contributed by atoms with Gasteiger partial charge < -0.3 is 14.0 Å². The summed E-state index contributed by atoms with van der Waals surface area (Å²) in [4.78, 5) is 23.8. The van der Waals surface area contributed by atoms with E-state index < -0.39 is 33.7 Å². The molecule has 1 atom stereocenters. The van der Waals surface area contributed by atoms with Gasteiger partial charge in [0.15, 0.2) is 5.25 Å². The van der Waals surface area contributed by atoms with E-state index in [1.807, 2.05) is 0 Å². The van der Waals surface area contributed by atoms with Gasteiger partial charge in [-0.25, -0.2) is 8.42 Å². The van der Waals surface area contributed by atoms with Crippen LogP contribution in [0.25, 0.3) is 0 Å². The number of hydrogen-bond acceptors (Lipinski definition) is 7. The van der Waals surface area contributed by atoms with Gasteiger partial charge in [-0.3, -0.25) is 9.59 Å². The molecule has 9 heteroatoms. The smallest absolute Gasteiger partial charge is 0.747 e. The largest absolute Gasteiger partial charge is 1.00 e. The van der Waals surface area contributed by atoms with Crippen molar-refractivity contribution < 1.29 is 61.6 Å². The fraction of sp³-hybridized carbons (Fsp3) is 0.909. The van der Waals surface area contributed by atoms with Crippen LogP contribution < -0.4 is 29.6 Å². The molecule has 0 fully saturated rings. The van der Waals surface area contributed by atoms with Crippen molar-refractivity contribution in [3.05, 3.63) is 0 Å². The van der Waals surface area contributed by atoms with Crippen LogP contribution in [0.5, 0.6) is 0 Å². The Morgan fingerprint density at radius 1 is 0.710 bits per heavy atom. The molecule has 31 heavy (non-hydrogen) atoms. The van der Waals surface area contributed by atoms with Gasteiger partial charge in [-0.1, -0.05) is 90.9 Å². The van der Waals surface area contributed by atoms with Crippen LogP contribution in [-0.4, -0.2) is 43.4 Å². The van der Waals surface area contributed by atoms with E-state index in [4.69, 9.17) is 9.47 Å². The number of esters is 2. The first-order valence-corrected chi connectivity index (χ1v) is 13.1. The number of carbonyl (C=O) groups excluding carboxylic acids is 2. The van der Waals surface area contributed by atoms with Crippen molar-refractivity contribution >= 4 is 22.1 Å². The van der Waals surface area contributed by atoms with Gasteiger partial charge in [-0.05, 0) is 12.8 Å². The van der Waals surface area contributed by atoms with E-state index in [1.54, 1.807) is 0 Å². The molecule has 0 aliphatic rings. The van der Waals surface area contributed by atoms with Crippen LogP contribution in [0.1, 0.15) is 110 Å². The van der Waals surface area contributed by atoms with E-state index in [1.165, 1.54) is 38.5 Å². The van der Waals surface area contributed by atoms with Crippen LogP contribution in [0.3, 0.4) is 0 Å². The Bertz CT molecular complexity index is 552. The van der Waals surface area contributed by atoms with Gasteiger partial charge in [0.1, 0.15) is 10.1 Å². The fourth-order valence-electron chi connectivity index (χ4n) is 3.08. The molecule has 0 aliphatic heterocycles. The number of carbonyl (C=O) groups is 2. The summed E-state index contributed by atoms with van der Waals surface area (Å²) in [6.45, 7) is 4.50. The van der Waals surface area contributed by atoms with Crippen LogP contribution in [0.15, 0.2) is 0 Å². The molecular weight excluding hydrogens is 431 g/mol. The average Bonchev–Trinajstić information content (AvgIpc) is 2.69. The number of rotatable bonds is 20. The van der Waals surface area contributed by atoms with Crippen LogP contribution in [0.4, 0.5) is 0 Å². The third kappa shape index (κ3) is 20.2. The molecule has 0 aromatic heterocycles. The number of ether oxygens (including phenoxy) is 2. The maximum absolute atomic E-state index is 12.0. The molecule has 0 N–H and O–H groups in total. The maximum atomic E-state index is 12.0. The van der Waals surface area contributed by atoms with Gasteiger partial charge in [-0.15, -0.1) is 0 Å². The minimum atomic E-state index is -4.99. The van der Waals surface area contributed by atoms with Gasteiger partial charge >= 0.3 is 41.5 Å². The zero-order valence-electron chi connectivity index (χ0n) is 19.9. The van der Waals surface area contributed by atoms with Crippen LogP contribution >= 0.6 is 0 Å². The summed E-state index contributed by atoms with van der Waals surface area (Å²) in [7, 11) is -4.99. The van der Waals surface area contributed by atoms with Gasteiger partial charge in [0.25, 0.3) is 0 Å². The van der Waals surface area contributed by atoms with Gasteiger partial charge in [-0.2, -0.15) is 0 Å². The SMILES string of the molecule is CCCCCCCCCOC(=O)CC(C(=O)OCCCCCCCCC)S(=O)(=O)[O-].[Na+]. The Hall–Kier alpha value is -0.150. The first kappa shape index (κ1) is 33.0. The third-order valence-electron chi connectivity index (χ3n) is 4.97. The maximum Gasteiger partial charge on any atom is 1.00 e. The molecular formula is C22H41NaO7S. The molecule has 1 unspecified atom stereocenters. The molecule has 0 saturated carbocycles. The molecule has 178 valence electrons. The van der Waals surface area contributed by atoms with E-state index >= 15 is 0 Å². The monoisotopic (exact) mass is 472 g/mol. The Balaban J connectivity index is 0. The molecule has 0 heterocycles. The van der Waals surface area contributed by atoms with Crippen LogP contribution in [0.2, 0.25) is 0 Å². The van der Waals surface area contributed by atoms with Crippen LogP contribution in [0, 0.1) is 0 Å². The van der Waals surface area contributed by atoms with Crippen molar-refractivity contribution in [1.29, 1.82) is 0 Å². The van der Waals surface area contributed by atoms with Crippen molar-refractivity contribution in [2.75, 3.05) is 13.2 Å². The molecule has 0 bridgehead atoms. The third-order valence-corrected chi connectivity index (χ3v) is 6.02. The van der Waals surface area contributed by atoms with Gasteiger partial charge in [0, 0.05) is 0 Å². The zero-order chi connectivity index (χ0) is 22.7. The molecule has 7 nitrogen and oxygen atoms in total. The minimum Gasteiger partial charge on any atom is -0.747 e. The predicted molar refractivity (Wildman–Crippen MR) is 116 cm³/mol. The van der Waals surface area contributed by atoms with Gasteiger partial charge in [0.05, 0.1) is 19.6 Å². The predicted octanol–water partition coefficient (Wildman–Crippen LogP) is 1.88. The van der Waals surface area contributed by atoms with Crippen molar-refractivity contribution in [1.82, 2.24) is 0 Å². The Labute approximate surface area is 211 Å². The Morgan fingerprint density at radius 3 is 1.52 bits per heavy atom. The summed E-state index contributed by atoms with van der Waals surface area (Å²) >= 11 is 0. The fourth-order valence-corrected chi connectivity index (χ4v) is 3.73. The topological polar surface area (TPSA) is 110 Å². The van der Waals surface area contributed by atoms with Gasteiger partial charge in [0.2, 0.25) is 0 Å². The molecule has 0 spiro atoms.